The molecular weight excluding hydrogens is 368 g/mol. The zero-order valence-corrected chi connectivity index (χ0v) is 14.6. The van der Waals surface area contributed by atoms with Crippen LogP contribution in [0.5, 0.6) is 0 Å². The Morgan fingerprint density at radius 1 is 1.19 bits per heavy atom. The summed E-state index contributed by atoms with van der Waals surface area (Å²) in [6, 6.07) is 15.5. The van der Waals surface area contributed by atoms with Gasteiger partial charge < -0.3 is 9.15 Å². The molecule has 7 nitrogen and oxygen atoms in total. The number of carbonyl (C=O) groups is 1. The van der Waals surface area contributed by atoms with Crippen LogP contribution >= 0.6 is 11.3 Å². The number of non-ortho nitro benzene ring substituents is 1. The Kier molecular flexibility index (Phi) is 4.39. The highest BCUT2D eigenvalue weighted by molar-refractivity contribution is 7.20. The van der Waals surface area contributed by atoms with E-state index < -0.39 is 10.9 Å². The lowest BCUT2D eigenvalue weighted by atomic mass is 10.2. The molecule has 0 atom stereocenters. The Labute approximate surface area is 157 Å². The molecule has 0 aliphatic rings. The van der Waals surface area contributed by atoms with Gasteiger partial charge in [0.05, 0.1) is 11.1 Å². The fourth-order valence-corrected chi connectivity index (χ4v) is 3.49. The number of hydrogen-bond acceptors (Lipinski definition) is 7. The second-order valence-corrected chi connectivity index (χ2v) is 6.73. The number of nitro groups is 1. The molecule has 2 aromatic heterocycles. The third-order valence-corrected chi connectivity index (χ3v) is 4.95. The van der Waals surface area contributed by atoms with E-state index in [4.69, 9.17) is 9.15 Å². The minimum absolute atomic E-state index is 0.0200. The Balaban J connectivity index is 1.46. The van der Waals surface area contributed by atoms with Crippen molar-refractivity contribution in [3.63, 3.8) is 0 Å². The number of carbonyl (C=O) groups excluding carboxylic acids is 1. The summed E-state index contributed by atoms with van der Waals surface area (Å²) >= 11 is 1.21. The number of fused-ring (bicyclic) bond motifs is 1. The molecule has 0 fully saturated rings. The number of hydrogen-bond donors (Lipinski definition) is 0. The maximum absolute atomic E-state index is 12.3. The fourth-order valence-electron chi connectivity index (χ4n) is 2.56. The molecule has 0 amide bonds. The first-order chi connectivity index (χ1) is 13.1. The predicted molar refractivity (Wildman–Crippen MR) is 99.5 cm³/mol. The first kappa shape index (κ1) is 16.9. The highest BCUT2D eigenvalue weighted by atomic mass is 32.1. The smallest absolute Gasteiger partial charge is 0.348 e. The van der Waals surface area contributed by atoms with Gasteiger partial charge in [-0.3, -0.25) is 10.1 Å². The van der Waals surface area contributed by atoms with Gasteiger partial charge in [0.1, 0.15) is 4.88 Å². The molecule has 0 aliphatic heterocycles. The number of oxazole rings is 1. The molecule has 0 radical (unpaired) electrons. The van der Waals surface area contributed by atoms with Crippen LogP contribution in [-0.2, 0) is 11.3 Å². The Morgan fingerprint density at radius 2 is 2.00 bits per heavy atom. The number of ether oxygens (including phenoxy) is 1. The van der Waals surface area contributed by atoms with E-state index >= 15 is 0 Å². The summed E-state index contributed by atoms with van der Waals surface area (Å²) in [5.74, 6) is 0.355. The normalized spacial score (nSPS) is 10.8. The van der Waals surface area contributed by atoms with Gasteiger partial charge in [0.2, 0.25) is 5.89 Å². The van der Waals surface area contributed by atoms with Crippen LogP contribution in [0.1, 0.15) is 15.6 Å². The first-order valence-electron chi connectivity index (χ1n) is 7.95. The second kappa shape index (κ2) is 7.00. The van der Waals surface area contributed by atoms with Crippen molar-refractivity contribution >= 4 is 33.1 Å². The highest BCUT2D eigenvalue weighted by Gasteiger charge is 2.16. The van der Waals surface area contributed by atoms with Crippen LogP contribution in [0.2, 0.25) is 0 Å². The molecule has 0 spiro atoms. The number of rotatable bonds is 5. The van der Waals surface area contributed by atoms with E-state index in [-0.39, 0.29) is 12.3 Å². The van der Waals surface area contributed by atoms with Gasteiger partial charge in [0.25, 0.3) is 5.69 Å². The minimum atomic E-state index is -0.529. The molecule has 0 saturated heterocycles. The Bertz CT molecular complexity index is 1130. The molecule has 0 saturated carbocycles. The van der Waals surface area contributed by atoms with Gasteiger partial charge in [0, 0.05) is 27.8 Å². The summed E-state index contributed by atoms with van der Waals surface area (Å²) in [5.41, 5.74) is 0.863. The molecule has 4 rings (SSSR count). The van der Waals surface area contributed by atoms with Crippen LogP contribution in [-0.4, -0.2) is 15.9 Å². The summed E-state index contributed by atoms with van der Waals surface area (Å²) in [5, 5.41) is 11.5. The van der Waals surface area contributed by atoms with E-state index in [0.717, 1.165) is 10.3 Å². The van der Waals surface area contributed by atoms with Crippen LogP contribution in [0.25, 0.3) is 21.4 Å². The van der Waals surface area contributed by atoms with Gasteiger partial charge in [-0.2, -0.15) is 0 Å². The lowest BCUT2D eigenvalue weighted by Crippen LogP contribution is -2.03. The van der Waals surface area contributed by atoms with Crippen LogP contribution in [0, 0.1) is 10.1 Å². The predicted octanol–water partition coefficient (Wildman–Crippen LogP) is 4.82. The van der Waals surface area contributed by atoms with Gasteiger partial charge >= 0.3 is 5.97 Å². The molecule has 8 heteroatoms. The number of thiophene rings is 1. The number of benzene rings is 2. The first-order valence-corrected chi connectivity index (χ1v) is 8.77. The average molecular weight is 380 g/mol. The monoisotopic (exact) mass is 380 g/mol. The fraction of sp³-hybridized carbons (Fsp3) is 0.0526. The molecule has 0 N–H and O–H groups in total. The van der Waals surface area contributed by atoms with Gasteiger partial charge in [-0.25, -0.2) is 9.78 Å². The maximum atomic E-state index is 12.3. The van der Waals surface area contributed by atoms with Crippen molar-refractivity contribution in [2.24, 2.45) is 0 Å². The molecule has 0 aliphatic carbocycles. The molecule has 2 aromatic carbocycles. The van der Waals surface area contributed by atoms with Gasteiger partial charge in [-0.05, 0) is 12.1 Å². The molecular formula is C19H12N2O5S. The standard InChI is InChI=1S/C19H12N2O5S/c22-19(17-9-13-8-14(21(23)24)6-7-16(13)27-17)25-11-18-20-10-15(26-18)12-4-2-1-3-5-12/h1-10H,11H2. The van der Waals surface area contributed by atoms with Crippen molar-refractivity contribution in [3.05, 3.63) is 81.7 Å². The zero-order valence-electron chi connectivity index (χ0n) is 13.8. The van der Waals surface area contributed by atoms with Crippen LogP contribution < -0.4 is 0 Å². The van der Waals surface area contributed by atoms with Crippen molar-refractivity contribution in [1.29, 1.82) is 0 Å². The lowest BCUT2D eigenvalue weighted by Gasteiger charge is -1.99. The van der Waals surface area contributed by atoms with Gasteiger partial charge in [0.15, 0.2) is 12.4 Å². The van der Waals surface area contributed by atoms with E-state index in [2.05, 4.69) is 4.98 Å². The summed E-state index contributed by atoms with van der Waals surface area (Å²) in [7, 11) is 0. The van der Waals surface area contributed by atoms with Crippen molar-refractivity contribution in [1.82, 2.24) is 4.98 Å². The molecule has 4 aromatic rings. The van der Waals surface area contributed by atoms with Crippen LogP contribution in [0.4, 0.5) is 5.69 Å². The minimum Gasteiger partial charge on any atom is -0.451 e. The van der Waals surface area contributed by atoms with Crippen molar-refractivity contribution in [2.45, 2.75) is 6.61 Å². The summed E-state index contributed by atoms with van der Waals surface area (Å²) < 4.78 is 11.6. The number of esters is 1. The number of nitro benzene ring substituents is 1. The van der Waals surface area contributed by atoms with E-state index in [9.17, 15) is 14.9 Å². The molecule has 0 unspecified atom stereocenters. The molecule has 27 heavy (non-hydrogen) atoms. The SMILES string of the molecule is O=C(OCc1ncc(-c2ccccc2)o1)c1cc2cc([N+](=O)[O-])ccc2s1. The van der Waals surface area contributed by atoms with Crippen LogP contribution in [0.3, 0.4) is 0 Å². The molecule has 134 valence electrons. The number of nitrogens with zero attached hydrogens (tertiary/aromatic N) is 2. The Morgan fingerprint density at radius 3 is 2.78 bits per heavy atom. The van der Waals surface area contributed by atoms with Gasteiger partial charge in [-0.1, -0.05) is 30.3 Å². The van der Waals surface area contributed by atoms with E-state index in [1.807, 2.05) is 30.3 Å². The highest BCUT2D eigenvalue weighted by Crippen LogP contribution is 2.29. The zero-order chi connectivity index (χ0) is 18.8. The van der Waals surface area contributed by atoms with Crippen molar-refractivity contribution in [3.8, 4) is 11.3 Å². The third-order valence-electron chi connectivity index (χ3n) is 3.85. The largest absolute Gasteiger partial charge is 0.451 e. The van der Waals surface area contributed by atoms with E-state index in [0.29, 0.717) is 21.9 Å². The van der Waals surface area contributed by atoms with E-state index in [1.54, 1.807) is 18.3 Å². The summed E-state index contributed by atoms with van der Waals surface area (Å²) in [6.45, 7) is -0.0972. The average Bonchev–Trinajstić information content (AvgIpc) is 3.33. The maximum Gasteiger partial charge on any atom is 0.348 e. The van der Waals surface area contributed by atoms with Crippen molar-refractivity contribution in [2.75, 3.05) is 0 Å². The van der Waals surface area contributed by atoms with Crippen LogP contribution in [0.15, 0.2) is 65.2 Å². The summed E-state index contributed by atoms with van der Waals surface area (Å²) in [6.07, 6.45) is 1.58. The topological polar surface area (TPSA) is 95.5 Å². The second-order valence-electron chi connectivity index (χ2n) is 5.65. The quantitative estimate of drug-likeness (QED) is 0.280. The molecule has 2 heterocycles. The number of aromatic nitrogens is 1. The lowest BCUT2D eigenvalue weighted by molar-refractivity contribution is -0.384. The molecule has 0 bridgehead atoms. The Hall–Kier alpha value is -3.52. The third kappa shape index (κ3) is 3.56. The summed E-state index contributed by atoms with van der Waals surface area (Å²) in [4.78, 5) is 27.1. The van der Waals surface area contributed by atoms with Gasteiger partial charge in [-0.15, -0.1) is 11.3 Å². The van der Waals surface area contributed by atoms with E-state index in [1.165, 1.54) is 23.5 Å². The van der Waals surface area contributed by atoms with Crippen molar-refractivity contribution < 1.29 is 18.9 Å².